The van der Waals surface area contributed by atoms with Crippen LogP contribution in [0.3, 0.4) is 0 Å². The van der Waals surface area contributed by atoms with Crippen molar-refractivity contribution in [1.29, 1.82) is 0 Å². The molecule has 0 aliphatic rings. The summed E-state index contributed by atoms with van der Waals surface area (Å²) in [7, 11) is -3.35. The number of anilines is 3. The van der Waals surface area contributed by atoms with Crippen molar-refractivity contribution in [3.8, 4) is 0 Å². The highest BCUT2D eigenvalue weighted by molar-refractivity contribution is 7.92. The number of hydrogen-bond acceptors (Lipinski definition) is 3. The molecule has 2 aromatic rings. The highest BCUT2D eigenvalue weighted by Gasteiger charge is 2.08. The highest BCUT2D eigenvalue weighted by Crippen LogP contribution is 2.24. The zero-order valence-electron chi connectivity index (χ0n) is 10.5. The van der Waals surface area contributed by atoms with Crippen LogP contribution in [0.15, 0.2) is 42.5 Å². The van der Waals surface area contributed by atoms with Gasteiger partial charge >= 0.3 is 0 Å². The number of halogens is 2. The van der Waals surface area contributed by atoms with Crippen LogP contribution < -0.4 is 10.0 Å². The summed E-state index contributed by atoms with van der Waals surface area (Å²) in [6.07, 6.45) is 1.04. The maximum Gasteiger partial charge on any atom is 0.229 e. The number of nitrogens with one attached hydrogen (secondary N) is 2. The second-order valence-corrected chi connectivity index (χ2v) is 5.92. The molecule has 0 unspecified atom stereocenters. The quantitative estimate of drug-likeness (QED) is 0.912. The van der Waals surface area contributed by atoms with Gasteiger partial charge in [0, 0.05) is 11.4 Å². The van der Waals surface area contributed by atoms with E-state index in [-0.39, 0.29) is 5.69 Å². The predicted molar refractivity (Wildman–Crippen MR) is 74.5 cm³/mol. The fraction of sp³-hybridized carbons (Fsp3) is 0.0769. The molecule has 0 fully saturated rings. The highest BCUT2D eigenvalue weighted by atomic mass is 32.2. The van der Waals surface area contributed by atoms with Crippen LogP contribution in [0, 0.1) is 11.6 Å². The van der Waals surface area contributed by atoms with Gasteiger partial charge in [0.05, 0.1) is 6.26 Å². The van der Waals surface area contributed by atoms with Crippen LogP contribution in [-0.4, -0.2) is 14.7 Å². The number of benzene rings is 2. The molecule has 0 saturated carbocycles. The molecule has 4 nitrogen and oxygen atoms in total. The lowest BCUT2D eigenvalue weighted by Gasteiger charge is -2.09. The third-order valence-corrected chi connectivity index (χ3v) is 3.03. The largest absolute Gasteiger partial charge is 0.351 e. The Morgan fingerprint density at radius 1 is 0.900 bits per heavy atom. The lowest BCUT2D eigenvalue weighted by atomic mass is 10.2. The summed E-state index contributed by atoms with van der Waals surface area (Å²) >= 11 is 0. The van der Waals surface area contributed by atoms with E-state index < -0.39 is 21.7 Å². The first-order valence-corrected chi connectivity index (χ1v) is 7.53. The van der Waals surface area contributed by atoms with Crippen molar-refractivity contribution in [2.75, 3.05) is 16.3 Å². The number of sulfonamides is 1. The van der Waals surface area contributed by atoms with Crippen LogP contribution in [0.5, 0.6) is 0 Å². The lowest BCUT2D eigenvalue weighted by Crippen LogP contribution is -2.09. The Bertz CT molecular complexity index is 695. The van der Waals surface area contributed by atoms with Crippen molar-refractivity contribution < 1.29 is 17.2 Å². The zero-order chi connectivity index (χ0) is 14.8. The Morgan fingerprint density at radius 2 is 1.40 bits per heavy atom. The van der Waals surface area contributed by atoms with Gasteiger partial charge in [0.15, 0.2) is 0 Å². The molecule has 20 heavy (non-hydrogen) atoms. The van der Waals surface area contributed by atoms with Gasteiger partial charge in [-0.15, -0.1) is 0 Å². The third kappa shape index (κ3) is 3.67. The van der Waals surface area contributed by atoms with Crippen LogP contribution in [0.1, 0.15) is 0 Å². The Kier molecular flexibility index (Phi) is 3.89. The van der Waals surface area contributed by atoms with Crippen molar-refractivity contribution in [2.45, 2.75) is 0 Å². The van der Waals surface area contributed by atoms with E-state index in [2.05, 4.69) is 10.0 Å². The van der Waals surface area contributed by atoms with Gasteiger partial charge < -0.3 is 5.32 Å². The summed E-state index contributed by atoms with van der Waals surface area (Å²) in [5, 5.41) is 2.60. The van der Waals surface area contributed by atoms with Gasteiger partial charge in [-0.1, -0.05) is 6.07 Å². The molecule has 0 aliphatic carbocycles. The van der Waals surface area contributed by atoms with Crippen molar-refractivity contribution in [1.82, 2.24) is 0 Å². The molecule has 2 N–H and O–H groups in total. The second kappa shape index (κ2) is 5.46. The maximum absolute atomic E-state index is 13.4. The van der Waals surface area contributed by atoms with Crippen molar-refractivity contribution >= 4 is 27.1 Å². The molecule has 0 aromatic heterocycles. The number of para-hydroxylation sites is 1. The van der Waals surface area contributed by atoms with Crippen LogP contribution in [0.25, 0.3) is 0 Å². The minimum Gasteiger partial charge on any atom is -0.351 e. The lowest BCUT2D eigenvalue weighted by molar-refractivity contribution is 0.591. The van der Waals surface area contributed by atoms with Crippen molar-refractivity contribution in [2.24, 2.45) is 0 Å². The fourth-order valence-corrected chi connectivity index (χ4v) is 2.16. The minimum absolute atomic E-state index is 0.253. The third-order valence-electron chi connectivity index (χ3n) is 2.42. The van der Waals surface area contributed by atoms with Crippen LogP contribution in [-0.2, 0) is 10.0 Å². The van der Waals surface area contributed by atoms with Gasteiger partial charge in [-0.25, -0.2) is 17.2 Å². The van der Waals surface area contributed by atoms with E-state index in [0.29, 0.717) is 11.4 Å². The summed E-state index contributed by atoms with van der Waals surface area (Å²) in [6.45, 7) is 0. The van der Waals surface area contributed by atoms with E-state index in [4.69, 9.17) is 0 Å². The van der Waals surface area contributed by atoms with E-state index in [0.717, 1.165) is 18.4 Å². The molecular weight excluding hydrogens is 286 g/mol. The molecule has 0 bridgehead atoms. The summed E-state index contributed by atoms with van der Waals surface area (Å²) in [5.41, 5.74) is 0.552. The summed E-state index contributed by atoms with van der Waals surface area (Å²) in [6, 6.07) is 9.56. The summed E-state index contributed by atoms with van der Waals surface area (Å²) in [4.78, 5) is 0. The smallest absolute Gasteiger partial charge is 0.229 e. The van der Waals surface area contributed by atoms with Gasteiger partial charge in [0.1, 0.15) is 17.3 Å². The monoisotopic (exact) mass is 298 g/mol. The Morgan fingerprint density at radius 3 is 1.90 bits per heavy atom. The first-order valence-electron chi connectivity index (χ1n) is 5.64. The van der Waals surface area contributed by atoms with E-state index in [1.165, 1.54) is 30.3 Å². The van der Waals surface area contributed by atoms with E-state index in [1.54, 1.807) is 0 Å². The molecule has 0 saturated heterocycles. The van der Waals surface area contributed by atoms with Crippen molar-refractivity contribution in [3.05, 3.63) is 54.1 Å². The topological polar surface area (TPSA) is 58.2 Å². The summed E-state index contributed by atoms with van der Waals surface area (Å²) in [5.74, 6) is -1.41. The van der Waals surface area contributed by atoms with Gasteiger partial charge in [-0.2, -0.15) is 0 Å². The van der Waals surface area contributed by atoms with Crippen LogP contribution >= 0.6 is 0 Å². The van der Waals surface area contributed by atoms with Crippen LogP contribution in [0.2, 0.25) is 0 Å². The maximum atomic E-state index is 13.4. The number of hydrogen-bond donors (Lipinski definition) is 2. The molecule has 0 aliphatic heterocycles. The summed E-state index contributed by atoms with van der Waals surface area (Å²) < 4.78 is 51.3. The van der Waals surface area contributed by atoms with E-state index >= 15 is 0 Å². The SMILES string of the molecule is CS(=O)(=O)Nc1ccc(Nc2c(F)cccc2F)cc1. The number of rotatable bonds is 4. The predicted octanol–water partition coefficient (Wildman–Crippen LogP) is 3.08. The molecule has 0 amide bonds. The molecule has 2 rings (SSSR count). The Balaban J connectivity index is 2.19. The molecule has 7 heteroatoms. The second-order valence-electron chi connectivity index (χ2n) is 4.17. The van der Waals surface area contributed by atoms with Gasteiger partial charge in [0.25, 0.3) is 0 Å². The molecule has 106 valence electrons. The van der Waals surface area contributed by atoms with Gasteiger partial charge in [-0.3, -0.25) is 4.72 Å². The standard InChI is InChI=1S/C13H12F2N2O2S/c1-20(18,19)17-10-7-5-9(6-8-10)16-13-11(14)3-2-4-12(13)15/h2-8,16-17H,1H3. The molecule has 0 heterocycles. The first kappa shape index (κ1) is 14.3. The fourth-order valence-electron chi connectivity index (χ4n) is 1.60. The van der Waals surface area contributed by atoms with E-state index in [1.807, 2.05) is 0 Å². The zero-order valence-corrected chi connectivity index (χ0v) is 11.3. The average molecular weight is 298 g/mol. The Hall–Kier alpha value is -2.15. The van der Waals surface area contributed by atoms with Crippen molar-refractivity contribution in [3.63, 3.8) is 0 Å². The van der Waals surface area contributed by atoms with Crippen LogP contribution in [0.4, 0.5) is 25.8 Å². The molecule has 0 atom stereocenters. The molecule has 0 spiro atoms. The first-order chi connectivity index (χ1) is 9.35. The van der Waals surface area contributed by atoms with Gasteiger partial charge in [-0.05, 0) is 36.4 Å². The van der Waals surface area contributed by atoms with Gasteiger partial charge in [0.2, 0.25) is 10.0 Å². The van der Waals surface area contributed by atoms with E-state index in [9.17, 15) is 17.2 Å². The average Bonchev–Trinajstić information content (AvgIpc) is 2.34. The molecule has 0 radical (unpaired) electrons. The normalized spacial score (nSPS) is 11.2. The Labute approximate surface area is 115 Å². The minimum atomic E-state index is -3.35. The molecule has 2 aromatic carbocycles. The molecular formula is C13H12F2N2O2S.